The van der Waals surface area contributed by atoms with Crippen LogP contribution in [0.3, 0.4) is 0 Å². The zero-order chi connectivity index (χ0) is 13.5. The molecule has 19 heavy (non-hydrogen) atoms. The molecule has 0 aliphatic heterocycles. The van der Waals surface area contributed by atoms with Crippen LogP contribution < -0.4 is 0 Å². The molecule has 2 aromatic carbocycles. The van der Waals surface area contributed by atoms with E-state index in [0.717, 1.165) is 16.8 Å². The minimum Gasteiger partial charge on any atom is -0.248 e. The van der Waals surface area contributed by atoms with Crippen LogP contribution in [-0.2, 0) is 15.7 Å². The second-order valence-electron chi connectivity index (χ2n) is 3.80. The van der Waals surface area contributed by atoms with Crippen LogP contribution in [-0.4, -0.2) is 4.98 Å². The third-order valence-corrected chi connectivity index (χ3v) is 2.67. The summed E-state index contributed by atoms with van der Waals surface area (Å²) in [6, 6.07) is 22.6. The number of hydrogen-bond acceptors (Lipinski definition) is 1. The van der Waals surface area contributed by atoms with Gasteiger partial charge in [0.1, 0.15) is 0 Å². The van der Waals surface area contributed by atoms with E-state index in [2.05, 4.69) is 35.3 Å². The molecule has 0 saturated heterocycles. The van der Waals surface area contributed by atoms with Crippen LogP contribution in [0.25, 0.3) is 22.2 Å². The number of hydrogen-bond donors (Lipinski definition) is 0. The summed E-state index contributed by atoms with van der Waals surface area (Å²) in [6.45, 7) is 0. The number of pyridine rings is 1. The Bertz CT molecular complexity index is 644. The van der Waals surface area contributed by atoms with E-state index in [1.165, 1.54) is 5.39 Å². The molecule has 99 valence electrons. The maximum Gasteiger partial charge on any atom is 0.0709 e. The van der Waals surface area contributed by atoms with Gasteiger partial charge in [0.15, 0.2) is 0 Å². The maximum absolute atomic E-state index is 4.89. The van der Waals surface area contributed by atoms with Gasteiger partial charge < -0.3 is 0 Å². The van der Waals surface area contributed by atoms with Gasteiger partial charge in [-0.25, -0.2) is 4.98 Å². The normalized spacial score (nSPS) is 10.0. The molecule has 0 aliphatic carbocycles. The second-order valence-corrected chi connectivity index (χ2v) is 7.26. The van der Waals surface area contributed by atoms with Crippen LogP contribution in [0.1, 0.15) is 0 Å². The minimum atomic E-state index is -0.556. The van der Waals surface area contributed by atoms with E-state index in [1.807, 2.05) is 36.4 Å². The van der Waals surface area contributed by atoms with Gasteiger partial charge in [-0.2, -0.15) is 0 Å². The number of aromatic nitrogens is 1. The molecule has 1 nitrogen and oxygen atoms in total. The zero-order valence-electron chi connectivity index (χ0n) is 9.89. The Morgan fingerprint density at radius 2 is 1.37 bits per heavy atom. The molecule has 3 rings (SSSR count). The molecule has 1 aromatic heterocycles. The molecule has 4 heteroatoms. The van der Waals surface area contributed by atoms with Crippen LogP contribution in [0.4, 0.5) is 0 Å². The van der Waals surface area contributed by atoms with Crippen molar-refractivity contribution in [3.63, 3.8) is 0 Å². The average molecular weight is 468 g/mol. The van der Waals surface area contributed by atoms with E-state index in [4.69, 9.17) is 19.2 Å². The van der Waals surface area contributed by atoms with Crippen molar-refractivity contribution in [1.29, 1.82) is 0 Å². The summed E-state index contributed by atoms with van der Waals surface area (Å²) in [7, 11) is 9.78. The Morgan fingerprint density at radius 1 is 0.737 bits per heavy atom. The van der Waals surface area contributed by atoms with E-state index < -0.39 is 15.7 Å². The summed E-state index contributed by atoms with van der Waals surface area (Å²) in [5.41, 5.74) is 3.23. The summed E-state index contributed by atoms with van der Waals surface area (Å²) in [5, 5.41) is 1.18. The Morgan fingerprint density at radius 3 is 2.11 bits per heavy atom. The fraction of sp³-hybridized carbons (Fsp3) is 0. The van der Waals surface area contributed by atoms with Gasteiger partial charge >= 0.3 is 34.8 Å². The van der Waals surface area contributed by atoms with Gasteiger partial charge in [-0.1, -0.05) is 54.6 Å². The van der Waals surface area contributed by atoms with E-state index in [1.54, 1.807) is 0 Å². The summed E-state index contributed by atoms with van der Waals surface area (Å²) in [5.74, 6) is 0. The third-order valence-electron chi connectivity index (χ3n) is 2.67. The van der Waals surface area contributed by atoms with Gasteiger partial charge in [0, 0.05) is 10.9 Å². The molecule has 0 atom stereocenters. The molecule has 0 N–H and O–H groups in total. The third kappa shape index (κ3) is 4.02. The number of rotatable bonds is 1. The summed E-state index contributed by atoms with van der Waals surface area (Å²) < 4.78 is 0. The second kappa shape index (κ2) is 7.62. The number of para-hydroxylation sites is 1. The number of benzene rings is 2. The van der Waals surface area contributed by atoms with Crippen molar-refractivity contribution in [2.45, 2.75) is 0 Å². The van der Waals surface area contributed by atoms with Crippen molar-refractivity contribution in [3.05, 3.63) is 66.7 Å². The molecule has 1 heterocycles. The molecule has 0 radical (unpaired) electrons. The van der Waals surface area contributed by atoms with Crippen molar-refractivity contribution in [2.24, 2.45) is 0 Å². The summed E-state index contributed by atoms with van der Waals surface area (Å²) >= 11 is -0.556. The zero-order valence-corrected chi connectivity index (χ0v) is 13.8. The van der Waals surface area contributed by atoms with Gasteiger partial charge in [-0.05, 0) is 12.1 Å². The fourth-order valence-electron chi connectivity index (χ4n) is 1.84. The molecule has 0 amide bonds. The van der Waals surface area contributed by atoms with Crippen LogP contribution in [0.2, 0.25) is 0 Å². The van der Waals surface area contributed by atoms with Gasteiger partial charge in [0.2, 0.25) is 0 Å². The Hall–Kier alpha value is -0.921. The van der Waals surface area contributed by atoms with E-state index in [-0.39, 0.29) is 0 Å². The van der Waals surface area contributed by atoms with Crippen LogP contribution in [0, 0.1) is 0 Å². The number of nitrogens with zero attached hydrogens (tertiary/aromatic N) is 1. The van der Waals surface area contributed by atoms with Crippen molar-refractivity contribution in [1.82, 2.24) is 4.98 Å². The SMILES string of the molecule is [Cl][Ir][Cl].c1ccc(-c2ccc3ccccc3n2)cc1. The van der Waals surface area contributed by atoms with Crippen LogP contribution >= 0.6 is 19.2 Å². The predicted molar refractivity (Wildman–Crippen MR) is 78.9 cm³/mol. The molecule has 0 aliphatic rings. The summed E-state index contributed by atoms with van der Waals surface area (Å²) in [4.78, 5) is 4.65. The standard InChI is InChI=1S/C15H11N.2ClH.Ir/c1-2-6-12(7-3-1)15-11-10-13-8-4-5-9-14(13)16-15;;;/h1-11H;2*1H;/q;;;+2/p-2. The average Bonchev–Trinajstić information content (AvgIpc) is 2.48. The number of fused-ring (bicyclic) bond motifs is 1. The monoisotopic (exact) mass is 468 g/mol. The van der Waals surface area contributed by atoms with Gasteiger partial charge in [0.05, 0.1) is 11.2 Å². The Balaban J connectivity index is 0.000000408. The van der Waals surface area contributed by atoms with Gasteiger partial charge in [-0.15, -0.1) is 0 Å². The molecule has 0 unspecified atom stereocenters. The first kappa shape index (κ1) is 14.5. The maximum atomic E-state index is 4.89. The van der Waals surface area contributed by atoms with E-state index in [9.17, 15) is 0 Å². The molecular formula is C15H11Cl2IrN. The number of halogens is 2. The molecule has 0 bridgehead atoms. The van der Waals surface area contributed by atoms with Crippen LogP contribution in [0.5, 0.6) is 0 Å². The molecule has 0 fully saturated rings. The van der Waals surface area contributed by atoms with Gasteiger partial charge in [0.25, 0.3) is 0 Å². The Labute approximate surface area is 128 Å². The minimum absolute atomic E-state index is 0.556. The predicted octanol–water partition coefficient (Wildman–Crippen LogP) is 5.28. The first-order valence-corrected chi connectivity index (χ1v) is 11.5. The largest absolute Gasteiger partial charge is 0.248 e. The molecular weight excluding hydrogens is 457 g/mol. The molecule has 0 saturated carbocycles. The van der Waals surface area contributed by atoms with E-state index in [0.29, 0.717) is 0 Å². The molecule has 0 spiro atoms. The van der Waals surface area contributed by atoms with Gasteiger partial charge in [-0.3, -0.25) is 0 Å². The summed E-state index contributed by atoms with van der Waals surface area (Å²) in [6.07, 6.45) is 0. The van der Waals surface area contributed by atoms with Crippen LogP contribution in [0.15, 0.2) is 66.7 Å². The first-order chi connectivity index (χ1) is 9.35. The quantitative estimate of drug-likeness (QED) is 0.474. The Kier molecular flexibility index (Phi) is 5.81. The smallest absolute Gasteiger partial charge is 0.0709 e. The van der Waals surface area contributed by atoms with Crippen molar-refractivity contribution >= 4 is 30.1 Å². The van der Waals surface area contributed by atoms with Crippen molar-refractivity contribution < 1.29 is 15.7 Å². The van der Waals surface area contributed by atoms with Crippen molar-refractivity contribution in [2.75, 3.05) is 0 Å². The van der Waals surface area contributed by atoms with E-state index >= 15 is 0 Å². The molecule has 3 aromatic rings. The fourth-order valence-corrected chi connectivity index (χ4v) is 1.84. The first-order valence-electron chi connectivity index (χ1n) is 5.60. The topological polar surface area (TPSA) is 12.9 Å². The van der Waals surface area contributed by atoms with Crippen molar-refractivity contribution in [3.8, 4) is 11.3 Å².